The minimum atomic E-state index is -3.46. The third-order valence-corrected chi connectivity index (χ3v) is 5.45. The van der Waals surface area contributed by atoms with Gasteiger partial charge in [-0.15, -0.1) is 0 Å². The highest BCUT2D eigenvalue weighted by atomic mass is 32.2. The summed E-state index contributed by atoms with van der Waals surface area (Å²) in [6, 6.07) is 3.19. The molecular weight excluding hydrogens is 316 g/mol. The third kappa shape index (κ3) is 4.90. The number of aromatic nitrogens is 1. The van der Waals surface area contributed by atoms with Crippen LogP contribution in [0.5, 0.6) is 0 Å². The van der Waals surface area contributed by atoms with Crippen molar-refractivity contribution >= 4 is 21.7 Å². The first-order valence-corrected chi connectivity index (χ1v) is 9.33. The summed E-state index contributed by atoms with van der Waals surface area (Å²) in [6.07, 6.45) is 4.21. The number of carbonyl (C=O) groups excluding carboxylic acids is 1. The molecule has 0 bridgehead atoms. The molecule has 0 aliphatic carbocycles. The van der Waals surface area contributed by atoms with Gasteiger partial charge in [-0.1, -0.05) is 6.42 Å². The van der Waals surface area contributed by atoms with Crippen LogP contribution < -0.4 is 10.6 Å². The van der Waals surface area contributed by atoms with Crippen LogP contribution in [-0.2, 0) is 14.8 Å². The molecule has 1 fully saturated rings. The zero-order valence-corrected chi connectivity index (χ0v) is 14.4. The summed E-state index contributed by atoms with van der Waals surface area (Å²) in [5.41, 5.74) is 0. The van der Waals surface area contributed by atoms with Gasteiger partial charge in [-0.2, -0.15) is 4.31 Å². The zero-order chi connectivity index (χ0) is 16.9. The number of piperidine rings is 1. The van der Waals surface area contributed by atoms with Gasteiger partial charge in [0.2, 0.25) is 15.9 Å². The van der Waals surface area contributed by atoms with E-state index >= 15 is 0 Å². The summed E-state index contributed by atoms with van der Waals surface area (Å²) >= 11 is 0. The molecule has 1 amide bonds. The van der Waals surface area contributed by atoms with Gasteiger partial charge in [0, 0.05) is 25.3 Å². The Balaban J connectivity index is 1.97. The molecule has 1 aromatic heterocycles. The van der Waals surface area contributed by atoms with Crippen molar-refractivity contribution in [1.82, 2.24) is 14.6 Å². The Morgan fingerprint density at radius 2 is 1.96 bits per heavy atom. The number of nitrogens with zero attached hydrogens (tertiary/aromatic N) is 2. The Hall–Kier alpha value is -1.67. The molecule has 1 aromatic rings. The van der Waals surface area contributed by atoms with E-state index in [4.69, 9.17) is 0 Å². The van der Waals surface area contributed by atoms with Gasteiger partial charge in [0.05, 0.1) is 6.54 Å². The summed E-state index contributed by atoms with van der Waals surface area (Å²) in [6.45, 7) is 5.01. The van der Waals surface area contributed by atoms with E-state index in [-0.39, 0.29) is 23.4 Å². The Kier molecular flexibility index (Phi) is 5.95. The average Bonchev–Trinajstić information content (AvgIpc) is 2.53. The van der Waals surface area contributed by atoms with Crippen LogP contribution in [0.25, 0.3) is 0 Å². The molecule has 2 rings (SSSR count). The average molecular weight is 340 g/mol. The first-order valence-electron chi connectivity index (χ1n) is 7.89. The number of rotatable bonds is 6. The predicted octanol–water partition coefficient (Wildman–Crippen LogP) is 1.19. The van der Waals surface area contributed by atoms with E-state index < -0.39 is 10.0 Å². The minimum absolute atomic E-state index is 0.0781. The quantitative estimate of drug-likeness (QED) is 0.812. The number of hydrogen-bond donors (Lipinski definition) is 2. The van der Waals surface area contributed by atoms with Crippen molar-refractivity contribution in [3.8, 4) is 0 Å². The third-order valence-electron chi connectivity index (χ3n) is 3.57. The van der Waals surface area contributed by atoms with Crippen molar-refractivity contribution in [3.63, 3.8) is 0 Å². The molecule has 1 aliphatic rings. The molecule has 1 aliphatic heterocycles. The van der Waals surface area contributed by atoms with Crippen LogP contribution in [0.15, 0.2) is 23.2 Å². The normalized spacial score (nSPS) is 16.3. The first kappa shape index (κ1) is 17.7. The number of sulfonamides is 1. The first-order chi connectivity index (χ1) is 10.9. The number of nitrogens with one attached hydrogen (secondary N) is 2. The maximum atomic E-state index is 12.5. The van der Waals surface area contributed by atoms with Gasteiger partial charge in [0.1, 0.15) is 10.7 Å². The van der Waals surface area contributed by atoms with Crippen molar-refractivity contribution < 1.29 is 13.2 Å². The molecule has 0 aromatic carbocycles. The molecule has 128 valence electrons. The molecule has 8 heteroatoms. The van der Waals surface area contributed by atoms with E-state index in [0.717, 1.165) is 19.3 Å². The molecule has 23 heavy (non-hydrogen) atoms. The Bertz CT molecular complexity index is 623. The van der Waals surface area contributed by atoms with E-state index in [1.54, 1.807) is 6.07 Å². The van der Waals surface area contributed by atoms with Gasteiger partial charge in [-0.3, -0.25) is 4.79 Å². The van der Waals surface area contributed by atoms with Gasteiger partial charge >= 0.3 is 0 Å². The zero-order valence-electron chi connectivity index (χ0n) is 13.6. The number of carbonyl (C=O) groups is 1. The van der Waals surface area contributed by atoms with Crippen LogP contribution in [-0.4, -0.2) is 49.3 Å². The van der Waals surface area contributed by atoms with Gasteiger partial charge in [-0.25, -0.2) is 13.4 Å². The largest absolute Gasteiger partial charge is 0.361 e. The summed E-state index contributed by atoms with van der Waals surface area (Å²) in [5.74, 6) is 0.341. The van der Waals surface area contributed by atoms with E-state index in [2.05, 4.69) is 15.6 Å². The lowest BCUT2D eigenvalue weighted by atomic mass is 10.2. The molecule has 1 saturated heterocycles. The molecule has 2 heterocycles. The highest BCUT2D eigenvalue weighted by Crippen LogP contribution is 2.20. The fourth-order valence-corrected chi connectivity index (χ4v) is 3.90. The van der Waals surface area contributed by atoms with Crippen molar-refractivity contribution in [1.29, 1.82) is 0 Å². The molecule has 0 atom stereocenters. The summed E-state index contributed by atoms with van der Waals surface area (Å²) in [5, 5.41) is 5.64. The van der Waals surface area contributed by atoms with Crippen LogP contribution in [0.2, 0.25) is 0 Å². The van der Waals surface area contributed by atoms with Crippen molar-refractivity contribution in [2.45, 2.75) is 44.0 Å². The number of hydrogen-bond acceptors (Lipinski definition) is 5. The maximum absolute atomic E-state index is 12.5. The monoisotopic (exact) mass is 340 g/mol. The van der Waals surface area contributed by atoms with E-state index in [0.29, 0.717) is 18.9 Å². The van der Waals surface area contributed by atoms with E-state index in [9.17, 15) is 13.2 Å². The smallest absolute Gasteiger partial charge is 0.244 e. The summed E-state index contributed by atoms with van der Waals surface area (Å²) in [4.78, 5) is 15.8. The SMILES string of the molecule is CC(C)NC(=O)CNc1ccc(S(=O)(=O)N2CCCCC2)cn1. The Morgan fingerprint density at radius 1 is 1.26 bits per heavy atom. The van der Waals surface area contributed by atoms with E-state index in [1.807, 2.05) is 13.8 Å². The molecule has 0 saturated carbocycles. The van der Waals surface area contributed by atoms with Crippen LogP contribution in [0.4, 0.5) is 5.82 Å². The van der Waals surface area contributed by atoms with Crippen molar-refractivity contribution in [2.75, 3.05) is 25.0 Å². The van der Waals surface area contributed by atoms with Gasteiger partial charge in [-0.05, 0) is 38.8 Å². The van der Waals surface area contributed by atoms with Crippen LogP contribution in [0.1, 0.15) is 33.1 Å². The molecule has 2 N–H and O–H groups in total. The second kappa shape index (κ2) is 7.74. The van der Waals surface area contributed by atoms with Gasteiger partial charge in [0.25, 0.3) is 0 Å². The maximum Gasteiger partial charge on any atom is 0.244 e. The number of pyridine rings is 1. The van der Waals surface area contributed by atoms with Gasteiger partial charge in [0.15, 0.2) is 0 Å². The topological polar surface area (TPSA) is 91.4 Å². The van der Waals surface area contributed by atoms with Crippen LogP contribution in [0, 0.1) is 0 Å². The standard InChI is InChI=1S/C15H24N4O3S/c1-12(2)18-15(20)11-17-14-7-6-13(10-16-14)23(21,22)19-8-4-3-5-9-19/h6-7,10,12H,3-5,8-9,11H2,1-2H3,(H,16,17)(H,18,20). The molecule has 0 unspecified atom stereocenters. The van der Waals surface area contributed by atoms with E-state index in [1.165, 1.54) is 16.6 Å². The minimum Gasteiger partial charge on any atom is -0.361 e. The highest BCUT2D eigenvalue weighted by Gasteiger charge is 2.26. The lowest BCUT2D eigenvalue weighted by molar-refractivity contribution is -0.119. The lowest BCUT2D eigenvalue weighted by Crippen LogP contribution is -2.35. The summed E-state index contributed by atoms with van der Waals surface area (Å²) in [7, 11) is -3.46. The number of anilines is 1. The molecular formula is C15H24N4O3S. The fourth-order valence-electron chi connectivity index (χ4n) is 2.44. The lowest BCUT2D eigenvalue weighted by Gasteiger charge is -2.25. The Morgan fingerprint density at radius 3 is 2.52 bits per heavy atom. The van der Waals surface area contributed by atoms with Crippen molar-refractivity contribution in [3.05, 3.63) is 18.3 Å². The van der Waals surface area contributed by atoms with Crippen molar-refractivity contribution in [2.24, 2.45) is 0 Å². The molecule has 7 nitrogen and oxygen atoms in total. The Labute approximate surface area is 137 Å². The van der Waals surface area contributed by atoms with Crippen LogP contribution in [0.3, 0.4) is 0 Å². The highest BCUT2D eigenvalue weighted by molar-refractivity contribution is 7.89. The second-order valence-corrected chi connectivity index (χ2v) is 7.86. The predicted molar refractivity (Wildman–Crippen MR) is 88.6 cm³/mol. The van der Waals surface area contributed by atoms with Crippen LogP contribution >= 0.6 is 0 Å². The summed E-state index contributed by atoms with van der Waals surface area (Å²) < 4.78 is 26.5. The van der Waals surface area contributed by atoms with Gasteiger partial charge < -0.3 is 10.6 Å². The molecule has 0 spiro atoms. The fraction of sp³-hybridized carbons (Fsp3) is 0.600. The number of amides is 1. The molecule has 0 radical (unpaired) electrons. The second-order valence-electron chi connectivity index (χ2n) is 5.92.